The van der Waals surface area contributed by atoms with Gasteiger partial charge in [0, 0.05) is 5.75 Å². The Hall–Kier alpha value is -0.230. The first-order valence-electron chi connectivity index (χ1n) is 6.82. The number of hydrogen-bond acceptors (Lipinski definition) is 5. The summed E-state index contributed by atoms with van der Waals surface area (Å²) >= 11 is 6.07. The molecular weight excluding hydrogens is 264 g/mol. The molecule has 1 aliphatic carbocycles. The van der Waals surface area contributed by atoms with E-state index in [4.69, 9.17) is 0 Å². The molecule has 1 aromatic heterocycles. The maximum absolute atomic E-state index is 4.27. The van der Waals surface area contributed by atoms with Gasteiger partial charge in [-0.15, -0.1) is 5.10 Å². The highest BCUT2D eigenvalue weighted by Crippen LogP contribution is 2.31. The van der Waals surface area contributed by atoms with E-state index in [2.05, 4.69) is 35.1 Å². The second kappa shape index (κ2) is 7.38. The maximum atomic E-state index is 4.27. The van der Waals surface area contributed by atoms with Crippen molar-refractivity contribution in [2.45, 2.75) is 56.6 Å². The molecule has 0 aromatic carbocycles. The van der Waals surface area contributed by atoms with Gasteiger partial charge in [-0.05, 0) is 47.8 Å². The van der Waals surface area contributed by atoms with Crippen molar-refractivity contribution in [1.29, 1.82) is 0 Å². The molecule has 18 heavy (non-hydrogen) atoms. The zero-order valence-electron chi connectivity index (χ0n) is 11.0. The third kappa shape index (κ3) is 3.88. The van der Waals surface area contributed by atoms with Gasteiger partial charge in [0.2, 0.25) is 5.16 Å². The summed E-state index contributed by atoms with van der Waals surface area (Å²) in [4.78, 5) is 0. The summed E-state index contributed by atoms with van der Waals surface area (Å²) in [6.07, 6.45) is 7.49. The monoisotopic (exact) mass is 286 g/mol. The van der Waals surface area contributed by atoms with Crippen LogP contribution in [0.2, 0.25) is 0 Å². The number of thioether (sulfide) groups is 1. The van der Waals surface area contributed by atoms with E-state index in [0.717, 1.165) is 22.6 Å². The van der Waals surface area contributed by atoms with Gasteiger partial charge in [0.05, 0.1) is 6.04 Å². The fourth-order valence-corrected chi connectivity index (χ4v) is 3.93. The van der Waals surface area contributed by atoms with Gasteiger partial charge < -0.3 is 0 Å². The summed E-state index contributed by atoms with van der Waals surface area (Å²) < 4.78 is 2.04. The average Bonchev–Trinajstić information content (AvgIpc) is 2.98. The van der Waals surface area contributed by atoms with E-state index >= 15 is 0 Å². The number of thiol groups is 1. The minimum atomic E-state index is 0.539. The van der Waals surface area contributed by atoms with Crippen LogP contribution in [0.25, 0.3) is 0 Å². The summed E-state index contributed by atoms with van der Waals surface area (Å²) in [7, 11) is 0. The van der Waals surface area contributed by atoms with Crippen molar-refractivity contribution in [1.82, 2.24) is 20.2 Å². The molecule has 1 aliphatic rings. The smallest absolute Gasteiger partial charge is 0.209 e. The van der Waals surface area contributed by atoms with Crippen LogP contribution in [0, 0.1) is 5.92 Å². The third-order valence-corrected chi connectivity index (χ3v) is 4.82. The van der Waals surface area contributed by atoms with Crippen molar-refractivity contribution in [3.63, 3.8) is 0 Å². The van der Waals surface area contributed by atoms with Crippen molar-refractivity contribution >= 4 is 24.4 Å². The van der Waals surface area contributed by atoms with Gasteiger partial charge in [-0.1, -0.05) is 31.5 Å². The van der Waals surface area contributed by atoms with Gasteiger partial charge in [-0.3, -0.25) is 0 Å². The zero-order valence-corrected chi connectivity index (χ0v) is 12.7. The molecule has 0 spiro atoms. The Kier molecular flexibility index (Phi) is 5.82. The molecule has 1 atom stereocenters. The minimum absolute atomic E-state index is 0.539. The standard InChI is InChI=1S/C12H22N4S2/c1-10(6-8-17)7-9-18-12-13-14-15-16(12)11-4-2-3-5-11/h10-11,17H,2-9H2,1H3. The van der Waals surface area contributed by atoms with E-state index in [9.17, 15) is 0 Å². The number of nitrogens with zero attached hydrogens (tertiary/aromatic N) is 4. The van der Waals surface area contributed by atoms with Crippen LogP contribution >= 0.6 is 24.4 Å². The highest BCUT2D eigenvalue weighted by molar-refractivity contribution is 7.99. The van der Waals surface area contributed by atoms with Gasteiger partial charge in [0.15, 0.2) is 0 Å². The quantitative estimate of drug-likeness (QED) is 0.617. The van der Waals surface area contributed by atoms with E-state index < -0.39 is 0 Å². The van der Waals surface area contributed by atoms with Gasteiger partial charge in [0.1, 0.15) is 0 Å². The molecule has 0 N–H and O–H groups in total. The van der Waals surface area contributed by atoms with Crippen molar-refractivity contribution in [3.05, 3.63) is 0 Å². The minimum Gasteiger partial charge on any atom is -0.217 e. The first kappa shape index (κ1) is 14.2. The Balaban J connectivity index is 1.80. The second-order valence-electron chi connectivity index (χ2n) is 5.10. The fourth-order valence-electron chi connectivity index (χ4n) is 2.37. The van der Waals surface area contributed by atoms with E-state index in [1.165, 1.54) is 38.5 Å². The van der Waals surface area contributed by atoms with Crippen molar-refractivity contribution in [3.8, 4) is 0 Å². The Bertz CT molecular complexity index is 350. The Morgan fingerprint density at radius 2 is 2.17 bits per heavy atom. The first-order chi connectivity index (χ1) is 8.81. The van der Waals surface area contributed by atoms with Gasteiger partial charge in [0.25, 0.3) is 0 Å². The summed E-state index contributed by atoms with van der Waals surface area (Å²) in [5.74, 6) is 2.82. The normalized spacial score (nSPS) is 18.3. The highest BCUT2D eigenvalue weighted by atomic mass is 32.2. The predicted molar refractivity (Wildman–Crippen MR) is 78.3 cm³/mol. The zero-order chi connectivity index (χ0) is 12.8. The summed E-state index contributed by atoms with van der Waals surface area (Å²) in [5.41, 5.74) is 0. The molecule has 1 heterocycles. The second-order valence-corrected chi connectivity index (χ2v) is 6.61. The molecule has 1 unspecified atom stereocenters. The number of rotatable bonds is 7. The largest absolute Gasteiger partial charge is 0.217 e. The predicted octanol–water partition coefficient (Wildman–Crippen LogP) is 3.23. The maximum Gasteiger partial charge on any atom is 0.209 e. The Morgan fingerprint density at radius 1 is 1.39 bits per heavy atom. The van der Waals surface area contributed by atoms with Crippen molar-refractivity contribution < 1.29 is 0 Å². The van der Waals surface area contributed by atoms with Crippen LogP contribution in [-0.4, -0.2) is 31.7 Å². The van der Waals surface area contributed by atoms with E-state index in [1.54, 1.807) is 11.8 Å². The molecular formula is C12H22N4S2. The summed E-state index contributed by atoms with van der Waals surface area (Å²) in [6, 6.07) is 0.539. The number of hydrogen-bond donors (Lipinski definition) is 1. The topological polar surface area (TPSA) is 43.6 Å². The molecule has 102 valence electrons. The molecule has 1 saturated carbocycles. The Labute approximate surface area is 119 Å². The lowest BCUT2D eigenvalue weighted by Gasteiger charge is -2.12. The van der Waals surface area contributed by atoms with Crippen molar-refractivity contribution in [2.24, 2.45) is 5.92 Å². The average molecular weight is 286 g/mol. The van der Waals surface area contributed by atoms with Crippen LogP contribution in [0.3, 0.4) is 0 Å². The molecule has 6 heteroatoms. The number of aromatic nitrogens is 4. The molecule has 0 radical (unpaired) electrons. The molecule has 0 saturated heterocycles. The van der Waals surface area contributed by atoms with Gasteiger partial charge in [-0.25, -0.2) is 4.68 Å². The molecule has 4 nitrogen and oxygen atoms in total. The molecule has 1 fully saturated rings. The third-order valence-electron chi connectivity index (χ3n) is 3.60. The van der Waals surface area contributed by atoms with E-state index in [0.29, 0.717) is 6.04 Å². The van der Waals surface area contributed by atoms with Crippen molar-refractivity contribution in [2.75, 3.05) is 11.5 Å². The fraction of sp³-hybridized carbons (Fsp3) is 0.917. The van der Waals surface area contributed by atoms with Crippen LogP contribution in [-0.2, 0) is 0 Å². The van der Waals surface area contributed by atoms with E-state index in [1.807, 2.05) is 4.68 Å². The van der Waals surface area contributed by atoms with Crippen LogP contribution in [0.15, 0.2) is 5.16 Å². The van der Waals surface area contributed by atoms with Crippen LogP contribution in [0.5, 0.6) is 0 Å². The number of tetrazole rings is 1. The highest BCUT2D eigenvalue weighted by Gasteiger charge is 2.21. The first-order valence-corrected chi connectivity index (χ1v) is 8.44. The van der Waals surface area contributed by atoms with E-state index in [-0.39, 0.29) is 0 Å². The SMILES string of the molecule is CC(CCS)CCSc1nnnn1C1CCCC1. The molecule has 0 aliphatic heterocycles. The molecule has 0 bridgehead atoms. The lowest BCUT2D eigenvalue weighted by Crippen LogP contribution is -2.08. The lowest BCUT2D eigenvalue weighted by atomic mass is 10.1. The summed E-state index contributed by atoms with van der Waals surface area (Å²) in [6.45, 7) is 2.29. The van der Waals surface area contributed by atoms with Gasteiger partial charge >= 0.3 is 0 Å². The molecule has 2 rings (SSSR count). The summed E-state index contributed by atoms with van der Waals surface area (Å²) in [5, 5.41) is 13.1. The van der Waals surface area contributed by atoms with Crippen LogP contribution < -0.4 is 0 Å². The van der Waals surface area contributed by atoms with Crippen LogP contribution in [0.4, 0.5) is 0 Å². The molecule has 0 amide bonds. The Morgan fingerprint density at radius 3 is 2.89 bits per heavy atom. The van der Waals surface area contributed by atoms with Gasteiger partial charge in [-0.2, -0.15) is 12.6 Å². The van der Waals surface area contributed by atoms with Crippen LogP contribution in [0.1, 0.15) is 51.5 Å². The molecule has 1 aromatic rings. The lowest BCUT2D eigenvalue weighted by molar-refractivity contribution is 0.423.